The zero-order valence-electron chi connectivity index (χ0n) is 22.8. The van der Waals surface area contributed by atoms with E-state index in [0.717, 1.165) is 61.5 Å². The van der Waals surface area contributed by atoms with Crippen LogP contribution in [0.25, 0.3) is 0 Å². The lowest BCUT2D eigenvalue weighted by molar-refractivity contribution is 0.0448. The van der Waals surface area contributed by atoms with Gasteiger partial charge >= 0.3 is 0 Å². The smallest absolute Gasteiger partial charge is 0.150 e. The van der Waals surface area contributed by atoms with E-state index in [4.69, 9.17) is 14.2 Å². The monoisotopic (exact) mass is 501 g/mol. The second-order valence-electron chi connectivity index (χ2n) is 10.4. The van der Waals surface area contributed by atoms with Gasteiger partial charge in [0.15, 0.2) is 0 Å². The van der Waals surface area contributed by atoms with Crippen LogP contribution >= 0.6 is 0 Å². The zero-order chi connectivity index (χ0) is 26.4. The summed E-state index contributed by atoms with van der Waals surface area (Å²) in [6.07, 6.45) is 3.76. The molecule has 0 amide bonds. The largest absolute Gasteiger partial charge is 0.492 e. The number of carbonyl (C=O) groups is 1. The zero-order valence-corrected chi connectivity index (χ0v) is 22.8. The maximum atomic E-state index is 10.8. The Morgan fingerprint density at radius 2 is 1.68 bits per heavy atom. The molecule has 1 aliphatic rings. The fourth-order valence-corrected chi connectivity index (χ4v) is 4.90. The van der Waals surface area contributed by atoms with Crippen molar-refractivity contribution in [1.29, 1.82) is 0 Å². The summed E-state index contributed by atoms with van der Waals surface area (Å²) >= 11 is 0. The van der Waals surface area contributed by atoms with Gasteiger partial charge in [-0.25, -0.2) is 0 Å². The lowest BCUT2D eigenvalue weighted by Gasteiger charge is -2.39. The van der Waals surface area contributed by atoms with Crippen molar-refractivity contribution in [2.45, 2.75) is 59.2 Å². The van der Waals surface area contributed by atoms with Crippen LogP contribution in [-0.4, -0.2) is 43.5 Å². The summed E-state index contributed by atoms with van der Waals surface area (Å²) in [6.45, 7) is 11.6. The van der Waals surface area contributed by atoms with Crippen molar-refractivity contribution in [3.05, 3.63) is 88.0 Å². The maximum Gasteiger partial charge on any atom is 0.150 e. The number of carbonyl (C=O) groups excluding carboxylic acids is 1. The van der Waals surface area contributed by atoms with Crippen molar-refractivity contribution in [3.8, 4) is 17.2 Å². The van der Waals surface area contributed by atoms with Gasteiger partial charge in [0.05, 0.1) is 0 Å². The van der Waals surface area contributed by atoms with E-state index < -0.39 is 0 Å². The third kappa shape index (κ3) is 6.53. The van der Waals surface area contributed by atoms with E-state index >= 15 is 0 Å². The van der Waals surface area contributed by atoms with Crippen LogP contribution in [0.5, 0.6) is 17.2 Å². The van der Waals surface area contributed by atoms with Crippen molar-refractivity contribution < 1.29 is 19.0 Å². The minimum atomic E-state index is -0.206. The molecule has 5 nitrogen and oxygen atoms in total. The lowest BCUT2D eigenvalue weighted by atomic mass is 9.85. The van der Waals surface area contributed by atoms with Gasteiger partial charge in [-0.15, -0.1) is 0 Å². The highest BCUT2D eigenvalue weighted by Crippen LogP contribution is 2.44. The highest BCUT2D eigenvalue weighted by molar-refractivity contribution is 5.74. The SMILES string of the molecule is Cc1c(C)c2c(c(C)c1OCc1ccccc1)CCC(C)(CCN(C)CCOc1ccc(C=O)cc1)O2. The van der Waals surface area contributed by atoms with Crippen molar-refractivity contribution in [1.82, 2.24) is 4.90 Å². The Morgan fingerprint density at radius 1 is 0.946 bits per heavy atom. The molecular weight excluding hydrogens is 462 g/mol. The number of fused-ring (bicyclic) bond motifs is 1. The number of nitrogens with zero attached hydrogens (tertiary/aromatic N) is 1. The van der Waals surface area contributed by atoms with Crippen molar-refractivity contribution >= 4 is 6.29 Å². The minimum absolute atomic E-state index is 0.206. The molecule has 0 N–H and O–H groups in total. The van der Waals surface area contributed by atoms with Gasteiger partial charge in [0.1, 0.15) is 42.3 Å². The molecule has 196 valence electrons. The summed E-state index contributed by atoms with van der Waals surface area (Å²) in [5.74, 6) is 2.82. The van der Waals surface area contributed by atoms with Gasteiger partial charge in [-0.3, -0.25) is 4.79 Å². The maximum absolute atomic E-state index is 10.8. The first-order chi connectivity index (χ1) is 17.8. The molecule has 0 saturated heterocycles. The van der Waals surface area contributed by atoms with E-state index in [2.05, 4.69) is 51.8 Å². The number of likely N-dealkylation sites (N-methyl/N-ethyl adjacent to an activating group) is 1. The Hall–Kier alpha value is -3.31. The van der Waals surface area contributed by atoms with Gasteiger partial charge in [0.25, 0.3) is 0 Å². The molecule has 3 aromatic rings. The fourth-order valence-electron chi connectivity index (χ4n) is 4.90. The molecule has 5 heteroatoms. The molecule has 0 radical (unpaired) electrons. The first kappa shape index (κ1) is 26.7. The van der Waals surface area contributed by atoms with E-state index in [1.807, 2.05) is 30.3 Å². The molecule has 0 spiro atoms. The third-order valence-corrected chi connectivity index (χ3v) is 7.57. The minimum Gasteiger partial charge on any atom is -0.492 e. The Bertz CT molecular complexity index is 1210. The molecule has 0 aromatic heterocycles. The van der Waals surface area contributed by atoms with Crippen LogP contribution in [0, 0.1) is 20.8 Å². The average molecular weight is 502 g/mol. The van der Waals surface area contributed by atoms with Gasteiger partial charge in [-0.05, 0) is 101 Å². The van der Waals surface area contributed by atoms with Crippen LogP contribution in [0.4, 0.5) is 0 Å². The van der Waals surface area contributed by atoms with Crippen LogP contribution in [0.1, 0.15) is 57.9 Å². The van der Waals surface area contributed by atoms with Gasteiger partial charge < -0.3 is 19.1 Å². The predicted molar refractivity (Wildman–Crippen MR) is 148 cm³/mol. The normalized spacial score (nSPS) is 16.7. The third-order valence-electron chi connectivity index (χ3n) is 7.57. The van der Waals surface area contributed by atoms with Crippen molar-refractivity contribution in [2.75, 3.05) is 26.7 Å². The molecule has 37 heavy (non-hydrogen) atoms. The van der Waals surface area contributed by atoms with Crippen LogP contribution in [0.3, 0.4) is 0 Å². The van der Waals surface area contributed by atoms with E-state index in [9.17, 15) is 4.79 Å². The standard InChI is InChI=1S/C32H39NO4/c1-23-24(2)31-29(25(3)30(23)36-22-27-9-7-6-8-10-27)15-16-32(4,37-31)17-18-33(5)19-20-35-28-13-11-26(21-34)12-14-28/h6-14,21H,15-20,22H2,1-5H3. The molecule has 0 bridgehead atoms. The summed E-state index contributed by atoms with van der Waals surface area (Å²) in [4.78, 5) is 13.1. The van der Waals surface area contributed by atoms with Crippen molar-refractivity contribution in [2.24, 2.45) is 0 Å². The number of hydrogen-bond acceptors (Lipinski definition) is 5. The van der Waals surface area contributed by atoms with Crippen LogP contribution < -0.4 is 14.2 Å². The van der Waals surface area contributed by atoms with Crippen LogP contribution in [0.2, 0.25) is 0 Å². The number of rotatable bonds is 11. The average Bonchev–Trinajstić information content (AvgIpc) is 2.91. The van der Waals surface area contributed by atoms with Crippen LogP contribution in [0.15, 0.2) is 54.6 Å². The van der Waals surface area contributed by atoms with Gasteiger partial charge in [0, 0.05) is 24.2 Å². The first-order valence-corrected chi connectivity index (χ1v) is 13.1. The molecule has 1 heterocycles. The Morgan fingerprint density at radius 3 is 2.38 bits per heavy atom. The van der Waals surface area contributed by atoms with E-state index in [1.165, 1.54) is 22.3 Å². The molecule has 3 aromatic carbocycles. The molecule has 0 aliphatic carbocycles. The summed E-state index contributed by atoms with van der Waals surface area (Å²) in [5.41, 5.74) is 6.44. The van der Waals surface area contributed by atoms with Crippen molar-refractivity contribution in [3.63, 3.8) is 0 Å². The summed E-state index contributed by atoms with van der Waals surface area (Å²) in [5, 5.41) is 0. The second-order valence-corrected chi connectivity index (χ2v) is 10.4. The first-order valence-electron chi connectivity index (χ1n) is 13.1. The Balaban J connectivity index is 1.33. The number of aldehydes is 1. The van der Waals surface area contributed by atoms with Gasteiger partial charge in [0.2, 0.25) is 0 Å². The highest BCUT2D eigenvalue weighted by atomic mass is 16.5. The predicted octanol–water partition coefficient (Wildman–Crippen LogP) is 6.49. The quantitative estimate of drug-likeness (QED) is 0.281. The summed E-state index contributed by atoms with van der Waals surface area (Å²) < 4.78 is 18.9. The number of hydrogen-bond donors (Lipinski definition) is 0. The van der Waals surface area contributed by atoms with Gasteiger partial charge in [-0.2, -0.15) is 0 Å². The van der Waals surface area contributed by atoms with E-state index in [-0.39, 0.29) is 5.60 Å². The molecule has 0 saturated carbocycles. The van der Waals surface area contributed by atoms with Crippen LogP contribution in [-0.2, 0) is 13.0 Å². The Labute approximate surface area is 221 Å². The van der Waals surface area contributed by atoms with E-state index in [1.54, 1.807) is 12.1 Å². The Kier molecular flexibility index (Phi) is 8.55. The molecule has 1 aliphatic heterocycles. The molecule has 1 atom stereocenters. The number of ether oxygens (including phenoxy) is 3. The second kappa shape index (κ2) is 11.8. The van der Waals surface area contributed by atoms with E-state index in [0.29, 0.717) is 18.8 Å². The summed E-state index contributed by atoms with van der Waals surface area (Å²) in [6, 6.07) is 17.5. The highest BCUT2D eigenvalue weighted by Gasteiger charge is 2.34. The fraction of sp³-hybridized carbons (Fsp3) is 0.406. The molecule has 0 fully saturated rings. The van der Waals surface area contributed by atoms with Gasteiger partial charge in [-0.1, -0.05) is 30.3 Å². The molecule has 1 unspecified atom stereocenters. The number of benzene rings is 3. The summed E-state index contributed by atoms with van der Waals surface area (Å²) in [7, 11) is 2.12. The molecule has 4 rings (SSSR count). The molecular formula is C32H39NO4. The topological polar surface area (TPSA) is 48.0 Å². The lowest BCUT2D eigenvalue weighted by Crippen LogP contribution is -2.40.